The number of benzene rings is 2. The van der Waals surface area contributed by atoms with Crippen LogP contribution in [0.5, 0.6) is 0 Å². The normalized spacial score (nSPS) is 15.3. The lowest BCUT2D eigenvalue weighted by Crippen LogP contribution is -2.15. The van der Waals surface area contributed by atoms with Crippen LogP contribution in [0.1, 0.15) is 11.1 Å². The molecule has 0 fully saturated rings. The van der Waals surface area contributed by atoms with Gasteiger partial charge in [0.1, 0.15) is 18.2 Å². The number of benzodiazepines with no additional fused rings is 1. The molecule has 0 unspecified atom stereocenters. The number of fused-ring (bicyclic) bond motifs is 1. The Hall–Kier alpha value is -2.93. The number of hydrogen-bond acceptors (Lipinski definition) is 2. The van der Waals surface area contributed by atoms with E-state index >= 15 is 0 Å². The van der Waals surface area contributed by atoms with Gasteiger partial charge in [0.25, 0.3) is 0 Å². The molecule has 108 valence electrons. The molecule has 1 heterocycles. The molecule has 0 saturated carbocycles. The minimum absolute atomic E-state index is 0.287. The fourth-order valence-corrected chi connectivity index (χ4v) is 2.33. The number of halogens is 1. The van der Waals surface area contributed by atoms with Gasteiger partial charge in [0.15, 0.2) is 0 Å². The molecule has 0 spiro atoms. The Bertz CT molecular complexity index is 786. The zero-order chi connectivity index (χ0) is 15.4. The summed E-state index contributed by atoms with van der Waals surface area (Å²) in [7, 11) is 0. The van der Waals surface area contributed by atoms with E-state index in [0.29, 0.717) is 12.4 Å². The van der Waals surface area contributed by atoms with Crippen LogP contribution < -0.4 is 5.32 Å². The maximum absolute atomic E-state index is 13.7. The van der Waals surface area contributed by atoms with Crippen molar-refractivity contribution in [1.82, 2.24) is 0 Å². The molecule has 0 aromatic heterocycles. The second-order valence-corrected chi connectivity index (χ2v) is 4.81. The Morgan fingerprint density at radius 1 is 1.23 bits per heavy atom. The molecule has 1 N–H and O–H groups in total. The van der Waals surface area contributed by atoms with Gasteiger partial charge >= 0.3 is 0 Å². The molecule has 0 aliphatic carbocycles. The first-order valence-electron chi connectivity index (χ1n) is 6.91. The van der Waals surface area contributed by atoms with Crippen LogP contribution in [0, 0.1) is 18.2 Å². The Balaban J connectivity index is 2.12. The summed E-state index contributed by atoms with van der Waals surface area (Å²) in [5, 5.41) is 3.19. The van der Waals surface area contributed by atoms with Gasteiger partial charge in [0, 0.05) is 16.8 Å². The van der Waals surface area contributed by atoms with Crippen LogP contribution in [0.4, 0.5) is 10.1 Å². The van der Waals surface area contributed by atoms with Crippen LogP contribution in [0.3, 0.4) is 0 Å². The van der Waals surface area contributed by atoms with Gasteiger partial charge in [0.05, 0.1) is 12.3 Å². The van der Waals surface area contributed by atoms with Crippen LogP contribution >= 0.6 is 0 Å². The van der Waals surface area contributed by atoms with Crippen molar-refractivity contribution in [2.24, 2.45) is 9.98 Å². The predicted molar refractivity (Wildman–Crippen MR) is 88.1 cm³/mol. The van der Waals surface area contributed by atoms with Crippen molar-refractivity contribution in [3.8, 4) is 12.3 Å². The highest BCUT2D eigenvalue weighted by Crippen LogP contribution is 2.23. The summed E-state index contributed by atoms with van der Waals surface area (Å²) in [6, 6.07) is 14.3. The third-order valence-electron chi connectivity index (χ3n) is 3.31. The third-order valence-corrected chi connectivity index (χ3v) is 3.31. The maximum Gasteiger partial charge on any atom is 0.124 e. The molecule has 0 atom stereocenters. The van der Waals surface area contributed by atoms with E-state index in [-0.39, 0.29) is 12.4 Å². The lowest BCUT2D eigenvalue weighted by molar-refractivity contribution is 0.628. The van der Waals surface area contributed by atoms with E-state index in [1.807, 2.05) is 30.3 Å². The highest BCUT2D eigenvalue weighted by atomic mass is 19.1. The third kappa shape index (κ3) is 2.89. The number of rotatable bonds is 2. The molecule has 1 aliphatic heterocycles. The van der Waals surface area contributed by atoms with E-state index in [1.54, 1.807) is 6.07 Å². The summed E-state index contributed by atoms with van der Waals surface area (Å²) in [6.07, 6.45) is 5.25. The van der Waals surface area contributed by atoms with Crippen LogP contribution in [0.25, 0.3) is 0 Å². The van der Waals surface area contributed by atoms with Crippen LogP contribution in [0.15, 0.2) is 58.5 Å². The molecule has 2 aromatic carbocycles. The van der Waals surface area contributed by atoms with Gasteiger partial charge in [-0.25, -0.2) is 4.39 Å². The van der Waals surface area contributed by atoms with Crippen molar-refractivity contribution in [3.05, 3.63) is 65.5 Å². The Morgan fingerprint density at radius 2 is 2.05 bits per heavy atom. The molecule has 1 aliphatic rings. The second-order valence-electron chi connectivity index (χ2n) is 4.81. The molecule has 0 bridgehead atoms. The Morgan fingerprint density at radius 3 is 2.82 bits per heavy atom. The van der Waals surface area contributed by atoms with Gasteiger partial charge in [-0.05, 0) is 18.2 Å². The van der Waals surface area contributed by atoms with Crippen molar-refractivity contribution in [2.45, 2.75) is 0 Å². The molecule has 2 aromatic rings. The number of hydrogen-bond donors (Lipinski definition) is 1. The fraction of sp³-hybridized carbons (Fsp3) is 0.111. The lowest BCUT2D eigenvalue weighted by Gasteiger charge is -2.10. The average Bonchev–Trinajstić information content (AvgIpc) is 2.73. The predicted octanol–water partition coefficient (Wildman–Crippen LogP) is 3.12. The first-order chi connectivity index (χ1) is 10.8. The molecular formula is C18H14FN3. The van der Waals surface area contributed by atoms with Gasteiger partial charge in [-0.1, -0.05) is 36.3 Å². The SMILES string of the molecule is C#CCN=C1CN=C(c2ccccc2)c2cc(F)ccc2N1. The number of terminal acetylenes is 1. The monoisotopic (exact) mass is 291 g/mol. The van der Waals surface area contributed by atoms with Crippen molar-refractivity contribution in [2.75, 3.05) is 18.4 Å². The average molecular weight is 291 g/mol. The number of aliphatic imine (C=N–C) groups is 2. The summed E-state index contributed by atoms with van der Waals surface area (Å²) < 4.78 is 13.7. The zero-order valence-corrected chi connectivity index (χ0v) is 11.9. The highest BCUT2D eigenvalue weighted by molar-refractivity contribution is 6.19. The van der Waals surface area contributed by atoms with E-state index in [4.69, 9.17) is 6.42 Å². The van der Waals surface area contributed by atoms with Gasteiger partial charge in [0.2, 0.25) is 0 Å². The van der Waals surface area contributed by atoms with Crippen LogP contribution in [-0.4, -0.2) is 24.6 Å². The van der Waals surface area contributed by atoms with Gasteiger partial charge < -0.3 is 5.32 Å². The highest BCUT2D eigenvalue weighted by Gasteiger charge is 2.17. The number of nitrogens with one attached hydrogen (secondary N) is 1. The Kier molecular flexibility index (Phi) is 3.97. The fourth-order valence-electron chi connectivity index (χ4n) is 2.33. The molecule has 0 radical (unpaired) electrons. The summed E-state index contributed by atoms with van der Waals surface area (Å²) in [5.41, 5.74) is 3.18. The molecule has 3 rings (SSSR count). The van der Waals surface area contributed by atoms with Crippen LogP contribution in [-0.2, 0) is 0 Å². The Labute approximate surface area is 128 Å². The smallest absolute Gasteiger partial charge is 0.124 e. The van der Waals surface area contributed by atoms with Gasteiger partial charge in [-0.3, -0.25) is 9.98 Å². The number of anilines is 1. The van der Waals surface area contributed by atoms with E-state index in [2.05, 4.69) is 21.2 Å². The number of nitrogens with zero attached hydrogens (tertiary/aromatic N) is 2. The minimum atomic E-state index is -0.298. The number of amidine groups is 1. The summed E-state index contributed by atoms with van der Waals surface area (Å²) in [6.45, 7) is 0.664. The quantitative estimate of drug-likeness (QED) is 0.848. The van der Waals surface area contributed by atoms with E-state index in [0.717, 1.165) is 22.5 Å². The summed E-state index contributed by atoms with van der Waals surface area (Å²) in [4.78, 5) is 8.88. The molecule has 0 amide bonds. The van der Waals surface area contributed by atoms with Crippen molar-refractivity contribution in [1.29, 1.82) is 0 Å². The van der Waals surface area contributed by atoms with Crippen LogP contribution in [0.2, 0.25) is 0 Å². The van der Waals surface area contributed by atoms with Gasteiger partial charge in [-0.2, -0.15) is 0 Å². The molecule has 3 nitrogen and oxygen atoms in total. The lowest BCUT2D eigenvalue weighted by atomic mass is 10.0. The van der Waals surface area contributed by atoms with Crippen molar-refractivity contribution in [3.63, 3.8) is 0 Å². The first-order valence-corrected chi connectivity index (χ1v) is 6.91. The van der Waals surface area contributed by atoms with E-state index < -0.39 is 0 Å². The van der Waals surface area contributed by atoms with Gasteiger partial charge in [-0.15, -0.1) is 6.42 Å². The van der Waals surface area contributed by atoms with Crippen molar-refractivity contribution < 1.29 is 4.39 Å². The summed E-state index contributed by atoms with van der Waals surface area (Å²) >= 11 is 0. The first kappa shape index (κ1) is 14.0. The standard InChI is InChI=1S/C18H14FN3/c1-2-10-20-17-12-21-18(13-6-4-3-5-7-13)15-11-14(19)8-9-16(15)22-17/h1,3-9,11H,10,12H2,(H,20,22). The molecule has 4 heteroatoms. The molecular weight excluding hydrogens is 277 g/mol. The molecule has 22 heavy (non-hydrogen) atoms. The topological polar surface area (TPSA) is 36.8 Å². The second kappa shape index (κ2) is 6.23. The van der Waals surface area contributed by atoms with E-state index in [9.17, 15) is 4.39 Å². The maximum atomic E-state index is 13.7. The molecule has 0 saturated heterocycles. The minimum Gasteiger partial charge on any atom is -0.342 e. The van der Waals surface area contributed by atoms with Crippen molar-refractivity contribution >= 4 is 17.2 Å². The summed E-state index contributed by atoms with van der Waals surface area (Å²) in [5.74, 6) is 2.85. The van der Waals surface area contributed by atoms with E-state index in [1.165, 1.54) is 12.1 Å². The zero-order valence-electron chi connectivity index (χ0n) is 11.9. The largest absolute Gasteiger partial charge is 0.342 e.